The Bertz CT molecular complexity index is 764. The Balaban J connectivity index is 1.90. The van der Waals surface area contributed by atoms with Crippen LogP contribution in [0.3, 0.4) is 0 Å². The molecule has 3 N–H and O–H groups in total. The number of oxime groups is 1. The number of amidine groups is 1. The first kappa shape index (κ1) is 15.5. The van der Waals surface area contributed by atoms with Crippen molar-refractivity contribution in [3.63, 3.8) is 0 Å². The zero-order valence-electron chi connectivity index (χ0n) is 12.9. The van der Waals surface area contributed by atoms with E-state index in [1.165, 1.54) is 0 Å². The third-order valence-electron chi connectivity index (χ3n) is 3.55. The van der Waals surface area contributed by atoms with Gasteiger partial charge in [-0.05, 0) is 29.8 Å². The Morgan fingerprint density at radius 2 is 1.50 bits per heavy atom. The topological polar surface area (TPSA) is 87.6 Å². The molecule has 2 heterocycles. The van der Waals surface area contributed by atoms with Crippen LogP contribution in [0.1, 0.15) is 11.1 Å². The lowest BCUT2D eigenvalue weighted by atomic mass is 10.1. The van der Waals surface area contributed by atoms with Crippen LogP contribution in [0.25, 0.3) is 0 Å². The van der Waals surface area contributed by atoms with Gasteiger partial charge in [0.25, 0.3) is 0 Å². The summed E-state index contributed by atoms with van der Waals surface area (Å²) in [5, 5.41) is 11.7. The lowest BCUT2D eigenvalue weighted by Crippen LogP contribution is -2.19. The lowest BCUT2D eigenvalue weighted by molar-refractivity contribution is 0.318. The molecule has 0 amide bonds. The van der Waals surface area contributed by atoms with E-state index >= 15 is 0 Å². The van der Waals surface area contributed by atoms with Gasteiger partial charge in [-0.25, -0.2) is 9.97 Å². The second kappa shape index (κ2) is 7.23. The Kier molecular flexibility index (Phi) is 4.67. The van der Waals surface area contributed by atoms with E-state index in [1.54, 1.807) is 12.4 Å². The minimum atomic E-state index is 0.0906. The van der Waals surface area contributed by atoms with Crippen LogP contribution < -0.4 is 10.6 Å². The van der Waals surface area contributed by atoms with Crippen LogP contribution in [-0.4, -0.2) is 21.0 Å². The fourth-order valence-corrected chi connectivity index (χ4v) is 2.33. The predicted octanol–water partition coefficient (Wildman–Crippen LogP) is 2.91. The molecule has 0 unspecified atom stereocenters. The third-order valence-corrected chi connectivity index (χ3v) is 3.55. The van der Waals surface area contributed by atoms with Crippen LogP contribution in [0.5, 0.6) is 0 Å². The lowest BCUT2D eigenvalue weighted by Gasteiger charge is -2.22. The normalized spacial score (nSPS) is 11.2. The van der Waals surface area contributed by atoms with Crippen molar-refractivity contribution in [2.24, 2.45) is 10.9 Å². The number of anilines is 2. The maximum absolute atomic E-state index is 8.74. The Hall–Kier alpha value is -3.41. The van der Waals surface area contributed by atoms with Gasteiger partial charge in [-0.15, -0.1) is 0 Å². The van der Waals surface area contributed by atoms with Crippen LogP contribution in [-0.2, 0) is 6.54 Å². The van der Waals surface area contributed by atoms with Gasteiger partial charge in [0.15, 0.2) is 5.84 Å². The molecule has 2 aromatic heterocycles. The van der Waals surface area contributed by atoms with Crippen molar-refractivity contribution >= 4 is 17.5 Å². The highest BCUT2D eigenvalue weighted by Gasteiger charge is 2.12. The van der Waals surface area contributed by atoms with E-state index in [-0.39, 0.29) is 5.84 Å². The summed E-state index contributed by atoms with van der Waals surface area (Å²) < 4.78 is 0. The van der Waals surface area contributed by atoms with Crippen molar-refractivity contribution < 1.29 is 5.21 Å². The smallest absolute Gasteiger partial charge is 0.170 e. The zero-order valence-corrected chi connectivity index (χ0v) is 12.9. The van der Waals surface area contributed by atoms with E-state index in [0.717, 1.165) is 17.2 Å². The molecule has 0 aliphatic rings. The molecular formula is C18H17N5O. The second-order valence-corrected chi connectivity index (χ2v) is 5.14. The van der Waals surface area contributed by atoms with Crippen LogP contribution in [0.4, 0.5) is 11.6 Å². The van der Waals surface area contributed by atoms with E-state index in [1.807, 2.05) is 65.6 Å². The number of hydrogen-bond acceptors (Lipinski definition) is 5. The molecule has 0 atom stereocenters. The highest BCUT2D eigenvalue weighted by molar-refractivity contribution is 5.96. The molecule has 0 aliphatic carbocycles. The Morgan fingerprint density at radius 1 is 0.917 bits per heavy atom. The molecule has 3 rings (SSSR count). The van der Waals surface area contributed by atoms with Crippen LogP contribution in [0.2, 0.25) is 0 Å². The van der Waals surface area contributed by atoms with Gasteiger partial charge in [0.05, 0.1) is 6.54 Å². The first-order valence-electron chi connectivity index (χ1n) is 7.44. The van der Waals surface area contributed by atoms with Gasteiger partial charge < -0.3 is 15.8 Å². The number of rotatable bonds is 5. The number of nitrogens with two attached hydrogens (primary N) is 1. The first-order valence-corrected chi connectivity index (χ1v) is 7.44. The fraction of sp³-hybridized carbons (Fsp3) is 0.0556. The van der Waals surface area contributed by atoms with E-state index in [4.69, 9.17) is 10.9 Å². The minimum absolute atomic E-state index is 0.0906. The van der Waals surface area contributed by atoms with Gasteiger partial charge in [-0.3, -0.25) is 0 Å². The molecule has 0 spiro atoms. The average molecular weight is 319 g/mol. The summed E-state index contributed by atoms with van der Waals surface area (Å²) >= 11 is 0. The second-order valence-electron chi connectivity index (χ2n) is 5.14. The van der Waals surface area contributed by atoms with Gasteiger partial charge in [0, 0.05) is 18.0 Å². The van der Waals surface area contributed by atoms with Gasteiger partial charge in [-0.1, -0.05) is 41.6 Å². The van der Waals surface area contributed by atoms with Crippen molar-refractivity contribution in [3.05, 3.63) is 84.2 Å². The maximum atomic E-state index is 8.74. The molecule has 0 saturated heterocycles. The monoisotopic (exact) mass is 319 g/mol. The summed E-state index contributed by atoms with van der Waals surface area (Å²) in [7, 11) is 0. The van der Waals surface area contributed by atoms with E-state index in [2.05, 4.69) is 15.1 Å². The van der Waals surface area contributed by atoms with Crippen LogP contribution in [0.15, 0.2) is 78.2 Å². The highest BCUT2D eigenvalue weighted by atomic mass is 16.4. The molecule has 6 nitrogen and oxygen atoms in total. The summed E-state index contributed by atoms with van der Waals surface area (Å²) in [6, 6.07) is 19.0. The van der Waals surface area contributed by atoms with E-state index in [9.17, 15) is 0 Å². The molecule has 0 radical (unpaired) electrons. The van der Waals surface area contributed by atoms with E-state index in [0.29, 0.717) is 12.1 Å². The van der Waals surface area contributed by atoms with Gasteiger partial charge in [-0.2, -0.15) is 0 Å². The molecule has 0 fully saturated rings. The van der Waals surface area contributed by atoms with Gasteiger partial charge >= 0.3 is 0 Å². The largest absolute Gasteiger partial charge is 0.409 e. The van der Waals surface area contributed by atoms with Crippen molar-refractivity contribution in [3.8, 4) is 0 Å². The van der Waals surface area contributed by atoms with Crippen molar-refractivity contribution in [1.29, 1.82) is 0 Å². The first-order chi connectivity index (χ1) is 11.8. The molecule has 6 heteroatoms. The Labute approximate surface area is 139 Å². The molecule has 0 saturated carbocycles. The third kappa shape index (κ3) is 3.49. The van der Waals surface area contributed by atoms with Crippen molar-refractivity contribution in [2.45, 2.75) is 6.54 Å². The average Bonchev–Trinajstić information content (AvgIpc) is 2.67. The number of benzene rings is 1. The number of hydrogen-bond donors (Lipinski definition) is 2. The standard InChI is InChI=1S/C18H17N5O/c19-18(22-24)15-9-7-14(8-10-15)13-23(16-5-1-3-11-20-16)17-6-2-4-12-21-17/h1-12,24H,13H2,(H2,19,22). The SMILES string of the molecule is N/C(=N\O)c1ccc(CN(c2ccccn2)c2ccccn2)cc1. The Morgan fingerprint density at radius 3 is 1.96 bits per heavy atom. The summed E-state index contributed by atoms with van der Waals surface area (Å²) in [4.78, 5) is 10.9. The maximum Gasteiger partial charge on any atom is 0.170 e. The molecule has 1 aromatic carbocycles. The summed E-state index contributed by atoms with van der Waals surface area (Å²) in [5.41, 5.74) is 7.32. The molecule has 0 bridgehead atoms. The van der Waals surface area contributed by atoms with Gasteiger partial charge in [0.2, 0.25) is 0 Å². The molecule has 120 valence electrons. The molecule has 24 heavy (non-hydrogen) atoms. The summed E-state index contributed by atoms with van der Waals surface area (Å²) in [6.45, 7) is 0.602. The quantitative estimate of drug-likeness (QED) is 0.327. The van der Waals surface area contributed by atoms with Crippen LogP contribution >= 0.6 is 0 Å². The molecular weight excluding hydrogens is 302 g/mol. The fourth-order valence-electron chi connectivity index (χ4n) is 2.33. The van der Waals surface area contributed by atoms with Gasteiger partial charge in [0.1, 0.15) is 11.6 Å². The number of pyridine rings is 2. The highest BCUT2D eigenvalue weighted by Crippen LogP contribution is 2.23. The molecule has 3 aromatic rings. The minimum Gasteiger partial charge on any atom is -0.409 e. The molecule has 0 aliphatic heterocycles. The number of nitrogens with zero attached hydrogens (tertiary/aromatic N) is 4. The zero-order chi connectivity index (χ0) is 16.8. The summed E-state index contributed by atoms with van der Waals surface area (Å²) in [5.74, 6) is 1.72. The summed E-state index contributed by atoms with van der Waals surface area (Å²) in [6.07, 6.45) is 3.51. The predicted molar refractivity (Wildman–Crippen MR) is 93.3 cm³/mol. The van der Waals surface area contributed by atoms with Crippen LogP contribution in [0, 0.1) is 0 Å². The number of aromatic nitrogens is 2. The van der Waals surface area contributed by atoms with E-state index < -0.39 is 0 Å². The van der Waals surface area contributed by atoms with Crippen molar-refractivity contribution in [1.82, 2.24) is 9.97 Å². The van der Waals surface area contributed by atoms with Crippen molar-refractivity contribution in [2.75, 3.05) is 4.90 Å².